The lowest BCUT2D eigenvalue weighted by Gasteiger charge is -2.34. The number of carbonyl (C=O) groups is 1. The third-order valence-corrected chi connectivity index (χ3v) is 3.25. The molecule has 2 heterocycles. The second-order valence-corrected chi connectivity index (χ2v) is 4.45. The van der Waals surface area contributed by atoms with E-state index >= 15 is 0 Å². The van der Waals surface area contributed by atoms with Crippen molar-refractivity contribution in [2.45, 2.75) is 45.6 Å². The summed E-state index contributed by atoms with van der Waals surface area (Å²) in [6, 6.07) is 0.230. The summed E-state index contributed by atoms with van der Waals surface area (Å²) in [7, 11) is 1.90. The Balaban J connectivity index is 0.000000245. The van der Waals surface area contributed by atoms with Crippen molar-refractivity contribution in [2.24, 2.45) is 0 Å². The van der Waals surface area contributed by atoms with Gasteiger partial charge in [-0.3, -0.25) is 9.69 Å². The normalized spacial score (nSPS) is 25.9. The lowest BCUT2D eigenvalue weighted by Crippen LogP contribution is -2.52. The van der Waals surface area contributed by atoms with Crippen molar-refractivity contribution in [1.29, 1.82) is 0 Å². The summed E-state index contributed by atoms with van der Waals surface area (Å²) < 4.78 is 0. The fourth-order valence-electron chi connectivity index (χ4n) is 2.02. The maximum Gasteiger partial charge on any atom is 0.239 e. The molecule has 3 heteroatoms. The summed E-state index contributed by atoms with van der Waals surface area (Å²) in [6.07, 6.45) is 4.91. The van der Waals surface area contributed by atoms with Crippen LogP contribution in [-0.2, 0) is 4.79 Å². The zero-order valence-corrected chi connectivity index (χ0v) is 10.3. The fourth-order valence-corrected chi connectivity index (χ4v) is 2.02. The van der Waals surface area contributed by atoms with E-state index in [1.165, 1.54) is 19.3 Å². The van der Waals surface area contributed by atoms with Gasteiger partial charge in [0, 0.05) is 20.1 Å². The van der Waals surface area contributed by atoms with Gasteiger partial charge in [-0.1, -0.05) is 26.7 Å². The number of carbonyl (C=O) groups excluding carboxylic acids is 1. The molecule has 0 aromatic rings. The number of hydrogen-bond donors (Lipinski definition) is 0. The van der Waals surface area contributed by atoms with Crippen LogP contribution in [0, 0.1) is 0 Å². The number of likely N-dealkylation sites (N-methyl/N-ethyl adjacent to an activating group) is 1. The first-order valence-corrected chi connectivity index (χ1v) is 6.19. The molecule has 0 bridgehead atoms. The maximum atomic E-state index is 11.5. The number of unbranched alkanes of at least 4 members (excludes halogenated alkanes) is 1. The van der Waals surface area contributed by atoms with Crippen LogP contribution in [0.2, 0.25) is 0 Å². The Bertz CT molecular complexity index is 204. The first-order valence-electron chi connectivity index (χ1n) is 6.19. The maximum absolute atomic E-state index is 11.5. The van der Waals surface area contributed by atoms with Crippen LogP contribution >= 0.6 is 0 Å². The van der Waals surface area contributed by atoms with E-state index in [4.69, 9.17) is 0 Å². The third kappa shape index (κ3) is 3.20. The number of amides is 1. The van der Waals surface area contributed by atoms with Gasteiger partial charge in [-0.25, -0.2) is 0 Å². The minimum Gasteiger partial charge on any atom is -0.343 e. The van der Waals surface area contributed by atoms with Crippen molar-refractivity contribution >= 4 is 5.91 Å². The van der Waals surface area contributed by atoms with Gasteiger partial charge in [0.25, 0.3) is 0 Å². The van der Waals surface area contributed by atoms with Gasteiger partial charge in [0.2, 0.25) is 5.91 Å². The van der Waals surface area contributed by atoms with E-state index in [0.29, 0.717) is 5.91 Å². The van der Waals surface area contributed by atoms with Crippen molar-refractivity contribution in [1.82, 2.24) is 9.80 Å². The average molecular weight is 212 g/mol. The molecule has 1 amide bonds. The SMILES string of the molecule is CCCC.CN1CCN2CCCC2C1=O. The summed E-state index contributed by atoms with van der Waals surface area (Å²) in [5.74, 6) is 0.328. The van der Waals surface area contributed by atoms with Crippen LogP contribution in [0.15, 0.2) is 0 Å². The van der Waals surface area contributed by atoms with E-state index in [0.717, 1.165) is 26.1 Å². The Morgan fingerprint density at radius 3 is 2.47 bits per heavy atom. The Morgan fingerprint density at radius 2 is 1.87 bits per heavy atom. The first kappa shape index (κ1) is 12.5. The highest BCUT2D eigenvalue weighted by atomic mass is 16.2. The van der Waals surface area contributed by atoms with E-state index in [9.17, 15) is 4.79 Å². The molecule has 0 N–H and O–H groups in total. The lowest BCUT2D eigenvalue weighted by molar-refractivity contribution is -0.138. The molecule has 1 unspecified atom stereocenters. The summed E-state index contributed by atoms with van der Waals surface area (Å²) in [4.78, 5) is 15.7. The minimum absolute atomic E-state index is 0.230. The highest BCUT2D eigenvalue weighted by Crippen LogP contribution is 2.21. The van der Waals surface area contributed by atoms with Crippen LogP contribution in [0.5, 0.6) is 0 Å². The number of piperazine rings is 1. The lowest BCUT2D eigenvalue weighted by atomic mass is 10.1. The molecule has 0 aromatic carbocycles. The number of rotatable bonds is 1. The first-order chi connectivity index (χ1) is 7.20. The Labute approximate surface area is 93.4 Å². The van der Waals surface area contributed by atoms with Gasteiger partial charge in [0.1, 0.15) is 0 Å². The van der Waals surface area contributed by atoms with E-state index in [-0.39, 0.29) is 6.04 Å². The van der Waals surface area contributed by atoms with E-state index < -0.39 is 0 Å². The molecule has 2 rings (SSSR count). The molecule has 0 spiro atoms. The van der Waals surface area contributed by atoms with Crippen LogP contribution in [-0.4, -0.2) is 48.4 Å². The van der Waals surface area contributed by atoms with Crippen LogP contribution in [0.1, 0.15) is 39.5 Å². The Morgan fingerprint density at radius 1 is 1.20 bits per heavy atom. The molecule has 3 nitrogen and oxygen atoms in total. The van der Waals surface area contributed by atoms with Crippen molar-refractivity contribution in [3.8, 4) is 0 Å². The highest BCUT2D eigenvalue weighted by Gasteiger charge is 2.35. The number of nitrogens with zero attached hydrogens (tertiary/aromatic N) is 2. The van der Waals surface area contributed by atoms with Gasteiger partial charge in [-0.2, -0.15) is 0 Å². The van der Waals surface area contributed by atoms with E-state index in [1.807, 2.05) is 11.9 Å². The highest BCUT2D eigenvalue weighted by molar-refractivity contribution is 5.82. The summed E-state index contributed by atoms with van der Waals surface area (Å²) in [5.41, 5.74) is 0. The van der Waals surface area contributed by atoms with Gasteiger partial charge in [-0.05, 0) is 19.4 Å². The Kier molecular flexibility index (Phi) is 5.09. The fraction of sp³-hybridized carbons (Fsp3) is 0.917. The summed E-state index contributed by atoms with van der Waals surface area (Å²) >= 11 is 0. The average Bonchev–Trinajstić information content (AvgIpc) is 2.73. The zero-order chi connectivity index (χ0) is 11.3. The van der Waals surface area contributed by atoms with Crippen LogP contribution in [0.4, 0.5) is 0 Å². The van der Waals surface area contributed by atoms with Gasteiger partial charge in [0.15, 0.2) is 0 Å². The predicted octanol–water partition coefficient (Wildman–Crippen LogP) is 1.73. The molecule has 88 valence electrons. The minimum atomic E-state index is 0.230. The molecule has 1 atom stereocenters. The summed E-state index contributed by atoms with van der Waals surface area (Å²) in [5, 5.41) is 0. The summed E-state index contributed by atoms with van der Waals surface area (Å²) in [6.45, 7) is 7.48. The van der Waals surface area contributed by atoms with Gasteiger partial charge in [0.05, 0.1) is 6.04 Å². The van der Waals surface area contributed by atoms with Crippen molar-refractivity contribution in [2.75, 3.05) is 26.7 Å². The molecule has 2 aliphatic rings. The topological polar surface area (TPSA) is 23.6 Å². The molecule has 0 saturated carbocycles. The third-order valence-electron chi connectivity index (χ3n) is 3.25. The molecular formula is C12H24N2O. The molecule has 2 saturated heterocycles. The van der Waals surface area contributed by atoms with Crippen molar-refractivity contribution in [3.05, 3.63) is 0 Å². The standard InChI is InChI=1S/C8H14N2O.C4H10/c1-9-5-6-10-4-2-3-7(10)8(9)11;1-3-4-2/h7H,2-6H2,1H3;3-4H2,1-2H3. The van der Waals surface area contributed by atoms with Crippen molar-refractivity contribution < 1.29 is 4.79 Å². The predicted molar refractivity (Wildman–Crippen MR) is 62.8 cm³/mol. The molecule has 0 aliphatic carbocycles. The van der Waals surface area contributed by atoms with Crippen LogP contribution in [0.3, 0.4) is 0 Å². The molecule has 0 aromatic heterocycles. The largest absolute Gasteiger partial charge is 0.343 e. The zero-order valence-electron chi connectivity index (χ0n) is 10.3. The second-order valence-electron chi connectivity index (χ2n) is 4.45. The van der Waals surface area contributed by atoms with E-state index in [1.54, 1.807) is 0 Å². The molecule has 0 radical (unpaired) electrons. The van der Waals surface area contributed by atoms with Gasteiger partial charge in [-0.15, -0.1) is 0 Å². The number of hydrogen-bond acceptors (Lipinski definition) is 2. The number of fused-ring (bicyclic) bond motifs is 1. The molecule has 2 fully saturated rings. The Hall–Kier alpha value is -0.570. The second kappa shape index (κ2) is 6.11. The smallest absolute Gasteiger partial charge is 0.239 e. The van der Waals surface area contributed by atoms with Crippen molar-refractivity contribution in [3.63, 3.8) is 0 Å². The van der Waals surface area contributed by atoms with Gasteiger partial charge >= 0.3 is 0 Å². The quantitative estimate of drug-likeness (QED) is 0.661. The van der Waals surface area contributed by atoms with E-state index in [2.05, 4.69) is 18.7 Å². The molecule has 15 heavy (non-hydrogen) atoms. The van der Waals surface area contributed by atoms with Crippen LogP contribution in [0.25, 0.3) is 0 Å². The molecule has 2 aliphatic heterocycles. The van der Waals surface area contributed by atoms with Gasteiger partial charge < -0.3 is 4.90 Å². The van der Waals surface area contributed by atoms with Crippen LogP contribution < -0.4 is 0 Å². The monoisotopic (exact) mass is 212 g/mol. The molecular weight excluding hydrogens is 188 g/mol.